The molecule has 1 rings (SSSR count). The van der Waals surface area contributed by atoms with Crippen LogP contribution in [0.15, 0.2) is 0 Å². The van der Waals surface area contributed by atoms with Crippen molar-refractivity contribution in [2.45, 2.75) is 33.2 Å². The summed E-state index contributed by atoms with van der Waals surface area (Å²) in [5.41, 5.74) is 0. The molecule has 0 bridgehead atoms. The van der Waals surface area contributed by atoms with Gasteiger partial charge in [0, 0.05) is 19.1 Å². The maximum absolute atomic E-state index is 8.64. The fraction of sp³-hybridized carbons (Fsp3) is 0.917. The minimum Gasteiger partial charge on any atom is -0.315 e. The molecule has 3 nitrogen and oxygen atoms in total. The second-order valence-corrected chi connectivity index (χ2v) is 4.93. The third kappa shape index (κ3) is 4.19. The molecule has 1 aliphatic rings. The molecule has 0 saturated carbocycles. The number of likely N-dealkylation sites (tertiary alicyclic amines) is 1. The highest BCUT2D eigenvalue weighted by atomic mass is 15.2. The molecule has 0 aliphatic carbocycles. The molecular weight excluding hydrogens is 186 g/mol. The summed E-state index contributed by atoms with van der Waals surface area (Å²) in [5.74, 6) is 0.908. The van der Waals surface area contributed by atoms with Crippen LogP contribution >= 0.6 is 0 Å². The van der Waals surface area contributed by atoms with Crippen LogP contribution in [0.3, 0.4) is 0 Å². The molecule has 0 spiro atoms. The summed E-state index contributed by atoms with van der Waals surface area (Å²) in [7, 11) is 0. The van der Waals surface area contributed by atoms with Crippen molar-refractivity contribution in [1.82, 2.24) is 10.2 Å². The zero-order chi connectivity index (χ0) is 11.3. The standard InChI is InChI=1S/C12H23N3/c1-10(2)15-5-4-12(9-15)8-14-7-11(3)6-13/h10-12,14H,4-5,7-9H2,1-3H3. The number of rotatable bonds is 5. The minimum absolute atomic E-state index is 0.132. The highest BCUT2D eigenvalue weighted by Crippen LogP contribution is 2.17. The Morgan fingerprint density at radius 2 is 2.20 bits per heavy atom. The summed E-state index contributed by atoms with van der Waals surface area (Å²) in [6.07, 6.45) is 1.30. The molecule has 0 aromatic carbocycles. The van der Waals surface area contributed by atoms with Crippen LogP contribution in [0.5, 0.6) is 0 Å². The highest BCUT2D eigenvalue weighted by molar-refractivity contribution is 4.82. The van der Waals surface area contributed by atoms with Gasteiger partial charge in [0.2, 0.25) is 0 Å². The van der Waals surface area contributed by atoms with E-state index in [2.05, 4.69) is 30.1 Å². The summed E-state index contributed by atoms with van der Waals surface area (Å²) in [6.45, 7) is 10.8. The van der Waals surface area contributed by atoms with Gasteiger partial charge in [-0.05, 0) is 46.2 Å². The van der Waals surface area contributed by atoms with Crippen LogP contribution < -0.4 is 5.32 Å². The molecule has 0 radical (unpaired) electrons. The fourth-order valence-electron chi connectivity index (χ4n) is 2.05. The Labute approximate surface area is 93.5 Å². The van der Waals surface area contributed by atoms with Gasteiger partial charge in [-0.1, -0.05) is 0 Å². The van der Waals surface area contributed by atoms with Crippen LogP contribution in [-0.2, 0) is 0 Å². The maximum Gasteiger partial charge on any atom is 0.0666 e. The lowest BCUT2D eigenvalue weighted by atomic mass is 10.1. The molecule has 1 saturated heterocycles. The van der Waals surface area contributed by atoms with Crippen molar-refractivity contribution in [3.63, 3.8) is 0 Å². The molecule has 86 valence electrons. The fourth-order valence-corrected chi connectivity index (χ4v) is 2.05. The third-order valence-electron chi connectivity index (χ3n) is 3.15. The van der Waals surface area contributed by atoms with E-state index in [1.807, 2.05) is 6.92 Å². The van der Waals surface area contributed by atoms with Crippen LogP contribution in [-0.4, -0.2) is 37.1 Å². The Kier molecular flexibility index (Phi) is 5.07. The van der Waals surface area contributed by atoms with E-state index in [-0.39, 0.29) is 5.92 Å². The van der Waals surface area contributed by atoms with E-state index in [4.69, 9.17) is 5.26 Å². The molecule has 0 amide bonds. The molecule has 2 unspecified atom stereocenters. The average Bonchev–Trinajstić information content (AvgIpc) is 2.66. The monoisotopic (exact) mass is 209 g/mol. The van der Waals surface area contributed by atoms with Crippen molar-refractivity contribution in [2.24, 2.45) is 11.8 Å². The lowest BCUT2D eigenvalue weighted by Gasteiger charge is -2.20. The molecule has 0 aromatic heterocycles. The van der Waals surface area contributed by atoms with Gasteiger partial charge in [-0.25, -0.2) is 0 Å². The van der Waals surface area contributed by atoms with Gasteiger partial charge in [-0.2, -0.15) is 5.26 Å². The van der Waals surface area contributed by atoms with Gasteiger partial charge in [-0.3, -0.25) is 0 Å². The van der Waals surface area contributed by atoms with E-state index in [0.29, 0.717) is 6.04 Å². The summed E-state index contributed by atoms with van der Waals surface area (Å²) >= 11 is 0. The number of hydrogen-bond acceptors (Lipinski definition) is 3. The summed E-state index contributed by atoms with van der Waals surface area (Å²) in [5, 5.41) is 12.0. The van der Waals surface area contributed by atoms with Gasteiger partial charge in [0.25, 0.3) is 0 Å². The van der Waals surface area contributed by atoms with Crippen LogP contribution in [0.25, 0.3) is 0 Å². The Bertz CT molecular complexity index is 219. The van der Waals surface area contributed by atoms with E-state index >= 15 is 0 Å². The minimum atomic E-state index is 0.132. The molecule has 1 aliphatic heterocycles. The van der Waals surface area contributed by atoms with Gasteiger partial charge in [0.05, 0.1) is 12.0 Å². The van der Waals surface area contributed by atoms with Gasteiger partial charge < -0.3 is 10.2 Å². The summed E-state index contributed by atoms with van der Waals surface area (Å²) in [4.78, 5) is 2.53. The van der Waals surface area contributed by atoms with E-state index in [0.717, 1.165) is 19.0 Å². The molecule has 1 fully saturated rings. The molecule has 3 heteroatoms. The van der Waals surface area contributed by atoms with Crippen molar-refractivity contribution >= 4 is 0 Å². The number of nitrogens with zero attached hydrogens (tertiary/aromatic N) is 2. The molecular formula is C12H23N3. The van der Waals surface area contributed by atoms with Gasteiger partial charge in [0.1, 0.15) is 0 Å². The van der Waals surface area contributed by atoms with Crippen LogP contribution in [0.2, 0.25) is 0 Å². The van der Waals surface area contributed by atoms with E-state index in [1.54, 1.807) is 0 Å². The van der Waals surface area contributed by atoms with Crippen LogP contribution in [0.1, 0.15) is 27.2 Å². The third-order valence-corrected chi connectivity index (χ3v) is 3.15. The molecule has 1 N–H and O–H groups in total. The quantitative estimate of drug-likeness (QED) is 0.745. The molecule has 0 aromatic rings. The normalized spacial score (nSPS) is 24.3. The second kappa shape index (κ2) is 6.09. The van der Waals surface area contributed by atoms with E-state index in [9.17, 15) is 0 Å². The van der Waals surface area contributed by atoms with Gasteiger partial charge in [-0.15, -0.1) is 0 Å². The average molecular weight is 209 g/mol. The van der Waals surface area contributed by atoms with Gasteiger partial charge >= 0.3 is 0 Å². The Balaban J connectivity index is 2.12. The van der Waals surface area contributed by atoms with Crippen molar-refractivity contribution < 1.29 is 0 Å². The summed E-state index contributed by atoms with van der Waals surface area (Å²) in [6, 6.07) is 2.92. The number of nitriles is 1. The first-order valence-electron chi connectivity index (χ1n) is 5.98. The first kappa shape index (κ1) is 12.5. The van der Waals surface area contributed by atoms with Crippen LogP contribution in [0.4, 0.5) is 0 Å². The zero-order valence-electron chi connectivity index (χ0n) is 10.2. The van der Waals surface area contributed by atoms with E-state index < -0.39 is 0 Å². The first-order valence-corrected chi connectivity index (χ1v) is 5.98. The van der Waals surface area contributed by atoms with Crippen LogP contribution in [0, 0.1) is 23.2 Å². The SMILES string of the molecule is CC(C#N)CNCC1CCN(C(C)C)C1. The van der Waals surface area contributed by atoms with Crippen molar-refractivity contribution in [3.8, 4) is 6.07 Å². The smallest absolute Gasteiger partial charge is 0.0666 e. The van der Waals surface area contributed by atoms with Crippen molar-refractivity contribution in [3.05, 3.63) is 0 Å². The van der Waals surface area contributed by atoms with E-state index in [1.165, 1.54) is 19.5 Å². The maximum atomic E-state index is 8.64. The Morgan fingerprint density at radius 1 is 1.47 bits per heavy atom. The zero-order valence-corrected chi connectivity index (χ0v) is 10.2. The summed E-state index contributed by atoms with van der Waals surface area (Å²) < 4.78 is 0. The molecule has 15 heavy (non-hydrogen) atoms. The predicted octanol–water partition coefficient (Wildman–Crippen LogP) is 1.47. The Morgan fingerprint density at radius 3 is 2.73 bits per heavy atom. The topological polar surface area (TPSA) is 39.1 Å². The number of hydrogen-bond donors (Lipinski definition) is 1. The number of nitrogens with one attached hydrogen (secondary N) is 1. The Hall–Kier alpha value is -0.590. The lowest BCUT2D eigenvalue weighted by Crippen LogP contribution is -2.31. The molecule has 1 heterocycles. The van der Waals surface area contributed by atoms with Crippen molar-refractivity contribution in [2.75, 3.05) is 26.2 Å². The molecule has 2 atom stereocenters. The second-order valence-electron chi connectivity index (χ2n) is 4.93. The predicted molar refractivity (Wildman–Crippen MR) is 62.5 cm³/mol. The lowest BCUT2D eigenvalue weighted by molar-refractivity contribution is 0.264. The van der Waals surface area contributed by atoms with Gasteiger partial charge in [0.15, 0.2) is 0 Å². The van der Waals surface area contributed by atoms with Crippen molar-refractivity contribution in [1.29, 1.82) is 5.26 Å². The first-order chi connectivity index (χ1) is 7.13. The highest BCUT2D eigenvalue weighted by Gasteiger charge is 2.23. The largest absolute Gasteiger partial charge is 0.315 e.